The smallest absolute Gasteiger partial charge is 0.389 e. The standard InChI is InChI=1S/C18H16ClF4N5O3/c1-18(14(29)25-4-5-28(18)16(24)30)11(9-2-3-10(20)12(19)13(9)21)8-6-26-17(27-7-8)31-15(22)23/h2-3,6-7,11,15H,4-5H2,1H3,(H2,24,30)(H,25,29)/t11-,18?/m1/s1. The zero-order chi connectivity index (χ0) is 22.9. The second kappa shape index (κ2) is 8.53. The molecule has 13 heteroatoms. The highest BCUT2D eigenvalue weighted by Crippen LogP contribution is 2.42. The molecule has 2 heterocycles. The van der Waals surface area contributed by atoms with E-state index >= 15 is 4.39 Å². The van der Waals surface area contributed by atoms with Crippen LogP contribution in [0.15, 0.2) is 24.5 Å². The van der Waals surface area contributed by atoms with Crippen molar-refractivity contribution in [3.63, 3.8) is 0 Å². The Morgan fingerprint density at radius 3 is 2.55 bits per heavy atom. The Morgan fingerprint density at radius 2 is 1.97 bits per heavy atom. The second-order valence-corrected chi connectivity index (χ2v) is 7.15. The molecule has 1 aliphatic rings. The third-order valence-corrected chi connectivity index (χ3v) is 5.37. The summed E-state index contributed by atoms with van der Waals surface area (Å²) in [5.41, 5.74) is 3.42. The average Bonchev–Trinajstić information content (AvgIpc) is 2.71. The van der Waals surface area contributed by atoms with Gasteiger partial charge in [0.2, 0.25) is 5.91 Å². The number of rotatable bonds is 5. The Bertz CT molecular complexity index is 1010. The SMILES string of the molecule is CC1([C@H](c2cnc(OC(F)F)nc2)c2ccc(F)c(Cl)c2F)C(=O)NCCN1C(N)=O. The summed E-state index contributed by atoms with van der Waals surface area (Å²) in [6.45, 7) is -1.76. The molecule has 3 rings (SSSR count). The van der Waals surface area contributed by atoms with E-state index in [2.05, 4.69) is 20.0 Å². The number of aromatic nitrogens is 2. The first-order valence-electron chi connectivity index (χ1n) is 8.82. The van der Waals surface area contributed by atoms with E-state index in [1.807, 2.05) is 0 Å². The zero-order valence-electron chi connectivity index (χ0n) is 15.9. The lowest BCUT2D eigenvalue weighted by Gasteiger charge is -2.47. The molecule has 3 amide bonds. The van der Waals surface area contributed by atoms with Gasteiger partial charge in [0.05, 0.1) is 0 Å². The maximum atomic E-state index is 15.0. The van der Waals surface area contributed by atoms with Gasteiger partial charge in [0.25, 0.3) is 0 Å². The van der Waals surface area contributed by atoms with Crippen LogP contribution >= 0.6 is 11.6 Å². The number of nitrogens with one attached hydrogen (secondary N) is 1. The summed E-state index contributed by atoms with van der Waals surface area (Å²) in [6.07, 6.45) is 2.05. The number of urea groups is 1. The molecule has 1 saturated heterocycles. The molecule has 1 unspecified atom stereocenters. The lowest BCUT2D eigenvalue weighted by molar-refractivity contribution is -0.134. The number of piperazine rings is 1. The summed E-state index contributed by atoms with van der Waals surface area (Å²) in [7, 11) is 0. The van der Waals surface area contributed by atoms with Gasteiger partial charge >= 0.3 is 18.7 Å². The van der Waals surface area contributed by atoms with Gasteiger partial charge in [0.15, 0.2) is 0 Å². The summed E-state index contributed by atoms with van der Waals surface area (Å²) >= 11 is 5.73. The van der Waals surface area contributed by atoms with Crippen molar-refractivity contribution < 1.29 is 31.9 Å². The molecule has 1 fully saturated rings. The highest BCUT2D eigenvalue weighted by molar-refractivity contribution is 6.31. The van der Waals surface area contributed by atoms with Crippen LogP contribution in [0.3, 0.4) is 0 Å². The van der Waals surface area contributed by atoms with E-state index in [-0.39, 0.29) is 24.2 Å². The summed E-state index contributed by atoms with van der Waals surface area (Å²) < 4.78 is 57.7. The van der Waals surface area contributed by atoms with Crippen molar-refractivity contribution in [3.8, 4) is 6.01 Å². The van der Waals surface area contributed by atoms with Crippen LogP contribution in [0.1, 0.15) is 24.0 Å². The Morgan fingerprint density at radius 1 is 1.32 bits per heavy atom. The first-order valence-corrected chi connectivity index (χ1v) is 9.20. The molecule has 166 valence electrons. The van der Waals surface area contributed by atoms with Crippen molar-refractivity contribution in [3.05, 3.63) is 52.3 Å². The van der Waals surface area contributed by atoms with E-state index in [1.54, 1.807) is 0 Å². The largest absolute Gasteiger partial charge is 0.401 e. The van der Waals surface area contributed by atoms with Crippen LogP contribution in [0.5, 0.6) is 6.01 Å². The van der Waals surface area contributed by atoms with Gasteiger partial charge in [-0.15, -0.1) is 0 Å². The summed E-state index contributed by atoms with van der Waals surface area (Å²) in [6, 6.07) is 0.313. The number of ether oxygens (including phenoxy) is 1. The molecule has 2 aromatic rings. The zero-order valence-corrected chi connectivity index (χ0v) is 16.7. The van der Waals surface area contributed by atoms with Gasteiger partial charge in [-0.2, -0.15) is 8.78 Å². The van der Waals surface area contributed by atoms with Crippen LogP contribution in [0.2, 0.25) is 5.02 Å². The molecule has 1 aromatic heterocycles. The highest BCUT2D eigenvalue weighted by atomic mass is 35.5. The van der Waals surface area contributed by atoms with Crippen molar-refractivity contribution >= 4 is 23.5 Å². The predicted octanol–water partition coefficient (Wildman–Crippen LogP) is 2.41. The van der Waals surface area contributed by atoms with E-state index < -0.39 is 52.7 Å². The molecule has 0 bridgehead atoms. The maximum absolute atomic E-state index is 15.0. The minimum Gasteiger partial charge on any atom is -0.401 e. The number of hydrogen-bond donors (Lipinski definition) is 2. The molecule has 0 aliphatic carbocycles. The maximum Gasteiger partial charge on any atom is 0.389 e. The molecule has 2 atom stereocenters. The number of benzene rings is 1. The Balaban J connectivity index is 2.23. The average molecular weight is 462 g/mol. The lowest BCUT2D eigenvalue weighted by atomic mass is 9.74. The number of carbonyl (C=O) groups is 2. The first kappa shape index (κ1) is 22.5. The van der Waals surface area contributed by atoms with E-state index in [9.17, 15) is 22.8 Å². The molecule has 31 heavy (non-hydrogen) atoms. The minimum absolute atomic E-state index is 0.00193. The number of carbonyl (C=O) groups excluding carboxylic acids is 2. The molecular formula is C18H16ClF4N5O3. The van der Waals surface area contributed by atoms with Gasteiger partial charge in [0.1, 0.15) is 22.2 Å². The number of hydrogen-bond acceptors (Lipinski definition) is 5. The molecule has 0 saturated carbocycles. The van der Waals surface area contributed by atoms with Gasteiger partial charge < -0.3 is 20.7 Å². The van der Waals surface area contributed by atoms with Crippen LogP contribution < -0.4 is 15.8 Å². The van der Waals surface area contributed by atoms with Crippen molar-refractivity contribution in [2.75, 3.05) is 13.1 Å². The molecule has 3 N–H and O–H groups in total. The van der Waals surface area contributed by atoms with Crippen molar-refractivity contribution in [1.29, 1.82) is 0 Å². The van der Waals surface area contributed by atoms with Gasteiger partial charge in [-0.1, -0.05) is 17.7 Å². The van der Waals surface area contributed by atoms with Gasteiger partial charge in [-0.05, 0) is 18.6 Å². The normalized spacial score (nSPS) is 19.8. The quantitative estimate of drug-likeness (QED) is 0.525. The summed E-state index contributed by atoms with van der Waals surface area (Å²) in [4.78, 5) is 33.4. The van der Waals surface area contributed by atoms with Crippen LogP contribution in [0, 0.1) is 11.6 Å². The topological polar surface area (TPSA) is 110 Å². The van der Waals surface area contributed by atoms with Crippen molar-refractivity contribution in [2.45, 2.75) is 25.0 Å². The molecule has 0 radical (unpaired) electrons. The number of nitrogens with zero attached hydrogens (tertiary/aromatic N) is 3. The molecule has 1 aliphatic heterocycles. The van der Waals surface area contributed by atoms with E-state index in [0.29, 0.717) is 0 Å². The molecule has 1 aromatic carbocycles. The Hall–Kier alpha value is -3.15. The van der Waals surface area contributed by atoms with Crippen molar-refractivity contribution in [2.24, 2.45) is 5.73 Å². The minimum atomic E-state index is -3.18. The van der Waals surface area contributed by atoms with Crippen LogP contribution in [-0.2, 0) is 4.79 Å². The molecule has 0 spiro atoms. The monoisotopic (exact) mass is 461 g/mol. The fraction of sp³-hybridized carbons (Fsp3) is 0.333. The highest BCUT2D eigenvalue weighted by Gasteiger charge is 2.52. The van der Waals surface area contributed by atoms with Crippen LogP contribution in [0.4, 0.5) is 22.4 Å². The van der Waals surface area contributed by atoms with E-state index in [4.69, 9.17) is 17.3 Å². The molecule has 8 nitrogen and oxygen atoms in total. The number of primary amides is 1. The van der Waals surface area contributed by atoms with Crippen LogP contribution in [0.25, 0.3) is 0 Å². The summed E-state index contributed by atoms with van der Waals surface area (Å²) in [5.74, 6) is -4.23. The number of nitrogens with two attached hydrogens (primary N) is 1. The summed E-state index contributed by atoms with van der Waals surface area (Å²) in [5, 5.41) is 1.75. The first-order chi connectivity index (χ1) is 14.6. The number of alkyl halides is 2. The van der Waals surface area contributed by atoms with Gasteiger partial charge in [-0.25, -0.2) is 23.5 Å². The number of amides is 3. The van der Waals surface area contributed by atoms with Crippen LogP contribution in [-0.4, -0.2) is 52.0 Å². The number of halogens is 5. The third-order valence-electron chi connectivity index (χ3n) is 5.02. The third kappa shape index (κ3) is 4.07. The fourth-order valence-corrected chi connectivity index (χ4v) is 3.80. The van der Waals surface area contributed by atoms with Crippen molar-refractivity contribution in [1.82, 2.24) is 20.2 Å². The van der Waals surface area contributed by atoms with E-state index in [1.165, 1.54) is 6.92 Å². The Kier molecular flexibility index (Phi) is 6.20. The Labute approximate surface area is 178 Å². The van der Waals surface area contributed by atoms with E-state index in [0.717, 1.165) is 29.4 Å². The fourth-order valence-electron chi connectivity index (χ4n) is 3.63. The predicted molar refractivity (Wildman–Crippen MR) is 99.6 cm³/mol. The lowest BCUT2D eigenvalue weighted by Crippen LogP contribution is -2.68. The molecular weight excluding hydrogens is 446 g/mol. The second-order valence-electron chi connectivity index (χ2n) is 6.77. The van der Waals surface area contributed by atoms with Gasteiger partial charge in [-0.3, -0.25) is 4.79 Å². The van der Waals surface area contributed by atoms with Gasteiger partial charge in [0, 0.05) is 37.0 Å².